The van der Waals surface area contributed by atoms with Crippen molar-refractivity contribution in [3.8, 4) is 0 Å². The summed E-state index contributed by atoms with van der Waals surface area (Å²) in [5.74, 6) is 1.42. The van der Waals surface area contributed by atoms with Gasteiger partial charge in [0.15, 0.2) is 0 Å². The van der Waals surface area contributed by atoms with Gasteiger partial charge in [-0.15, -0.1) is 0 Å². The van der Waals surface area contributed by atoms with Crippen LogP contribution in [0.5, 0.6) is 0 Å². The topological polar surface area (TPSA) is 44.4 Å². The monoisotopic (exact) mass is 253 g/mol. The van der Waals surface area contributed by atoms with Crippen LogP contribution in [0.15, 0.2) is 0 Å². The predicted molar refractivity (Wildman–Crippen MR) is 73.6 cm³/mol. The van der Waals surface area contributed by atoms with Crippen molar-refractivity contribution in [2.75, 3.05) is 26.2 Å². The van der Waals surface area contributed by atoms with Gasteiger partial charge in [-0.25, -0.2) is 4.79 Å². The summed E-state index contributed by atoms with van der Waals surface area (Å²) < 4.78 is 0. The van der Waals surface area contributed by atoms with Gasteiger partial charge < -0.3 is 15.5 Å². The van der Waals surface area contributed by atoms with E-state index in [2.05, 4.69) is 29.4 Å². The van der Waals surface area contributed by atoms with Gasteiger partial charge in [0.2, 0.25) is 0 Å². The zero-order valence-corrected chi connectivity index (χ0v) is 11.7. The maximum atomic E-state index is 11.5. The van der Waals surface area contributed by atoms with E-state index in [-0.39, 0.29) is 6.03 Å². The van der Waals surface area contributed by atoms with Gasteiger partial charge >= 0.3 is 6.03 Å². The Balaban J connectivity index is 1.56. The largest absolute Gasteiger partial charge is 0.338 e. The predicted octanol–water partition coefficient (Wildman–Crippen LogP) is 1.82. The average Bonchev–Trinajstić information content (AvgIpc) is 3.11. The Morgan fingerprint density at radius 2 is 1.89 bits per heavy atom. The van der Waals surface area contributed by atoms with Crippen LogP contribution < -0.4 is 10.6 Å². The maximum absolute atomic E-state index is 11.5. The summed E-state index contributed by atoms with van der Waals surface area (Å²) in [6.07, 6.45) is 4.74. The Morgan fingerprint density at radius 3 is 2.44 bits per heavy atom. The summed E-state index contributed by atoms with van der Waals surface area (Å²) in [4.78, 5) is 14.1. The number of nitrogens with zero attached hydrogens (tertiary/aromatic N) is 1. The first-order valence-corrected chi connectivity index (χ1v) is 7.40. The molecule has 104 valence electrons. The molecule has 1 heterocycles. The summed E-state index contributed by atoms with van der Waals surface area (Å²) in [7, 11) is 0. The van der Waals surface area contributed by atoms with E-state index in [4.69, 9.17) is 0 Å². The summed E-state index contributed by atoms with van der Waals surface area (Å²) in [6.45, 7) is 8.98. The second-order valence-electron chi connectivity index (χ2n) is 6.27. The number of hydrogen-bond donors (Lipinski definition) is 2. The number of nitrogens with one attached hydrogen (secondary N) is 2. The van der Waals surface area contributed by atoms with Crippen molar-refractivity contribution >= 4 is 6.03 Å². The van der Waals surface area contributed by atoms with Gasteiger partial charge in [0, 0.05) is 19.1 Å². The minimum absolute atomic E-state index is 0.0297. The summed E-state index contributed by atoms with van der Waals surface area (Å²) in [5.41, 5.74) is 0. The van der Waals surface area contributed by atoms with Crippen LogP contribution in [0.4, 0.5) is 4.79 Å². The van der Waals surface area contributed by atoms with Gasteiger partial charge in [0.25, 0.3) is 0 Å². The lowest BCUT2D eigenvalue weighted by molar-refractivity contribution is 0.166. The van der Waals surface area contributed by atoms with Crippen LogP contribution in [0.1, 0.15) is 39.5 Å². The molecule has 2 rings (SSSR count). The van der Waals surface area contributed by atoms with Crippen LogP contribution in [0, 0.1) is 11.8 Å². The number of rotatable bonds is 5. The second kappa shape index (κ2) is 6.41. The van der Waals surface area contributed by atoms with Crippen LogP contribution in [0.3, 0.4) is 0 Å². The van der Waals surface area contributed by atoms with E-state index in [0.29, 0.717) is 12.0 Å². The first-order chi connectivity index (χ1) is 8.63. The maximum Gasteiger partial charge on any atom is 0.315 e. The first kappa shape index (κ1) is 13.7. The van der Waals surface area contributed by atoms with Gasteiger partial charge in [0.05, 0.1) is 0 Å². The molecule has 2 aliphatic rings. The number of amides is 2. The lowest BCUT2D eigenvalue weighted by atomic mass is 9.96. The summed E-state index contributed by atoms with van der Waals surface area (Å²) >= 11 is 0. The number of carbonyl (C=O) groups is 1. The van der Waals surface area contributed by atoms with Crippen molar-refractivity contribution in [2.45, 2.75) is 45.6 Å². The molecule has 0 unspecified atom stereocenters. The van der Waals surface area contributed by atoms with E-state index >= 15 is 0 Å². The first-order valence-electron chi connectivity index (χ1n) is 7.40. The standard InChI is InChI=1S/C14H27N3O/c1-11(2)10-17-7-5-12(6-8-17)9-15-14(18)16-13-3-4-13/h11-13H,3-10H2,1-2H3,(H2,15,16,18). The molecule has 0 spiro atoms. The van der Waals surface area contributed by atoms with E-state index in [9.17, 15) is 4.79 Å². The highest BCUT2D eigenvalue weighted by Gasteiger charge is 2.24. The Bertz CT molecular complexity index is 268. The van der Waals surface area contributed by atoms with Crippen molar-refractivity contribution in [3.05, 3.63) is 0 Å². The number of urea groups is 1. The number of hydrogen-bond acceptors (Lipinski definition) is 2. The molecular weight excluding hydrogens is 226 g/mol. The van der Waals surface area contributed by atoms with Gasteiger partial charge in [0.1, 0.15) is 0 Å². The van der Waals surface area contributed by atoms with E-state index in [1.54, 1.807) is 0 Å². The molecule has 1 saturated heterocycles. The number of carbonyl (C=O) groups excluding carboxylic acids is 1. The molecule has 1 aliphatic carbocycles. The quantitative estimate of drug-likeness (QED) is 0.785. The molecular formula is C14H27N3O. The van der Waals surface area contributed by atoms with Crippen molar-refractivity contribution in [2.24, 2.45) is 11.8 Å². The minimum atomic E-state index is 0.0297. The van der Waals surface area contributed by atoms with Crippen LogP contribution >= 0.6 is 0 Å². The zero-order valence-electron chi connectivity index (χ0n) is 11.7. The molecule has 2 amide bonds. The van der Waals surface area contributed by atoms with Crippen molar-refractivity contribution in [3.63, 3.8) is 0 Å². The molecule has 2 N–H and O–H groups in total. The fourth-order valence-corrected chi connectivity index (χ4v) is 2.59. The molecule has 0 aromatic rings. The summed E-state index contributed by atoms with van der Waals surface area (Å²) in [6, 6.07) is 0.486. The summed E-state index contributed by atoms with van der Waals surface area (Å²) in [5, 5.41) is 5.98. The van der Waals surface area contributed by atoms with Crippen molar-refractivity contribution in [1.82, 2.24) is 15.5 Å². The number of likely N-dealkylation sites (tertiary alicyclic amines) is 1. The highest BCUT2D eigenvalue weighted by molar-refractivity contribution is 5.74. The van der Waals surface area contributed by atoms with Crippen molar-refractivity contribution in [1.29, 1.82) is 0 Å². The molecule has 0 aromatic heterocycles. The van der Waals surface area contributed by atoms with Gasteiger partial charge in [-0.1, -0.05) is 13.8 Å². The molecule has 4 heteroatoms. The Hall–Kier alpha value is -0.770. The second-order valence-corrected chi connectivity index (χ2v) is 6.27. The zero-order chi connectivity index (χ0) is 13.0. The molecule has 18 heavy (non-hydrogen) atoms. The van der Waals surface area contributed by atoms with E-state index in [0.717, 1.165) is 25.3 Å². The minimum Gasteiger partial charge on any atom is -0.338 e. The highest BCUT2D eigenvalue weighted by Crippen LogP contribution is 2.19. The van der Waals surface area contributed by atoms with Gasteiger partial charge in [-0.05, 0) is 50.6 Å². The lowest BCUT2D eigenvalue weighted by Crippen LogP contribution is -2.43. The van der Waals surface area contributed by atoms with Crippen LogP contribution in [0.2, 0.25) is 0 Å². The Labute approximate surface area is 110 Å². The smallest absolute Gasteiger partial charge is 0.315 e. The molecule has 0 bridgehead atoms. The van der Waals surface area contributed by atoms with Crippen LogP contribution in [-0.4, -0.2) is 43.2 Å². The molecule has 1 aliphatic heterocycles. The van der Waals surface area contributed by atoms with E-state index in [1.165, 1.54) is 32.5 Å². The molecule has 0 atom stereocenters. The highest BCUT2D eigenvalue weighted by atomic mass is 16.2. The average molecular weight is 253 g/mol. The molecule has 1 saturated carbocycles. The Kier molecular flexibility index (Phi) is 4.87. The molecule has 4 nitrogen and oxygen atoms in total. The SMILES string of the molecule is CC(C)CN1CCC(CNC(=O)NC2CC2)CC1. The third-order valence-electron chi connectivity index (χ3n) is 3.79. The van der Waals surface area contributed by atoms with Crippen LogP contribution in [0.25, 0.3) is 0 Å². The normalized spacial score (nSPS) is 22.2. The molecule has 0 radical (unpaired) electrons. The molecule has 2 fully saturated rings. The third-order valence-corrected chi connectivity index (χ3v) is 3.79. The van der Waals surface area contributed by atoms with E-state index < -0.39 is 0 Å². The molecule has 0 aromatic carbocycles. The fraction of sp³-hybridized carbons (Fsp3) is 0.929. The lowest BCUT2D eigenvalue weighted by Gasteiger charge is -2.33. The van der Waals surface area contributed by atoms with E-state index in [1.807, 2.05) is 0 Å². The number of piperidine rings is 1. The van der Waals surface area contributed by atoms with Crippen LogP contribution in [-0.2, 0) is 0 Å². The van der Waals surface area contributed by atoms with Crippen molar-refractivity contribution < 1.29 is 4.79 Å². The third kappa shape index (κ3) is 4.84. The fourth-order valence-electron chi connectivity index (χ4n) is 2.59. The van der Waals surface area contributed by atoms with Gasteiger partial charge in [-0.3, -0.25) is 0 Å². The Morgan fingerprint density at radius 1 is 1.22 bits per heavy atom. The van der Waals surface area contributed by atoms with Gasteiger partial charge in [-0.2, -0.15) is 0 Å².